The standard InChI is InChI=1S/C20H32N2O2.ClH/c1-15-5-7-17(18(13-15)24-20(2,3)4)14-22-19(23)8-6-16-9-11-21-12-10-16;/h5,7,13,16,21H,6,8-12,14H2,1-4H3,(H,22,23);1H. The first-order valence-electron chi connectivity index (χ1n) is 9.09. The number of hydrogen-bond donors (Lipinski definition) is 2. The highest BCUT2D eigenvalue weighted by molar-refractivity contribution is 5.85. The molecule has 1 aliphatic rings. The molecule has 1 saturated heterocycles. The van der Waals surface area contributed by atoms with Crippen molar-refractivity contribution in [2.24, 2.45) is 5.92 Å². The second-order valence-corrected chi connectivity index (χ2v) is 7.83. The molecule has 1 aromatic carbocycles. The topological polar surface area (TPSA) is 50.4 Å². The van der Waals surface area contributed by atoms with Crippen LogP contribution in [0.4, 0.5) is 0 Å². The first kappa shape index (κ1) is 21.8. The Hall–Kier alpha value is -1.26. The van der Waals surface area contributed by atoms with E-state index in [0.717, 1.165) is 36.4 Å². The minimum absolute atomic E-state index is 0. The van der Waals surface area contributed by atoms with Gasteiger partial charge in [-0.1, -0.05) is 12.1 Å². The maximum Gasteiger partial charge on any atom is 0.220 e. The monoisotopic (exact) mass is 368 g/mol. The minimum atomic E-state index is -0.248. The summed E-state index contributed by atoms with van der Waals surface area (Å²) in [6, 6.07) is 6.15. The van der Waals surface area contributed by atoms with Crippen molar-refractivity contribution < 1.29 is 9.53 Å². The number of halogens is 1. The predicted octanol–water partition coefficient (Wildman–Crippen LogP) is 3.99. The van der Waals surface area contributed by atoms with Gasteiger partial charge in [0.25, 0.3) is 0 Å². The number of carbonyl (C=O) groups excluding carboxylic acids is 1. The Morgan fingerprint density at radius 2 is 1.96 bits per heavy atom. The molecule has 2 N–H and O–H groups in total. The van der Waals surface area contributed by atoms with E-state index in [9.17, 15) is 4.79 Å². The molecule has 0 atom stereocenters. The van der Waals surface area contributed by atoms with E-state index in [1.54, 1.807) is 0 Å². The number of carbonyl (C=O) groups is 1. The number of hydrogen-bond acceptors (Lipinski definition) is 3. The molecule has 0 aliphatic carbocycles. The van der Waals surface area contributed by atoms with Crippen molar-refractivity contribution in [3.63, 3.8) is 0 Å². The van der Waals surface area contributed by atoms with Crippen molar-refractivity contribution >= 4 is 18.3 Å². The fourth-order valence-electron chi connectivity index (χ4n) is 3.02. The summed E-state index contributed by atoms with van der Waals surface area (Å²) in [5, 5.41) is 6.41. The first-order chi connectivity index (χ1) is 11.3. The van der Waals surface area contributed by atoms with Gasteiger partial charge in [-0.2, -0.15) is 0 Å². The molecular weight excluding hydrogens is 336 g/mol. The Morgan fingerprint density at radius 1 is 1.28 bits per heavy atom. The molecule has 1 aliphatic heterocycles. The van der Waals surface area contributed by atoms with Crippen LogP contribution < -0.4 is 15.4 Å². The second-order valence-electron chi connectivity index (χ2n) is 7.83. The Bertz CT molecular complexity index is 549. The number of rotatable bonds is 6. The van der Waals surface area contributed by atoms with E-state index in [1.807, 2.05) is 32.9 Å². The van der Waals surface area contributed by atoms with Gasteiger partial charge in [0.15, 0.2) is 0 Å². The van der Waals surface area contributed by atoms with Crippen LogP contribution in [0.25, 0.3) is 0 Å². The maximum absolute atomic E-state index is 12.2. The van der Waals surface area contributed by atoms with Crippen LogP contribution in [-0.4, -0.2) is 24.6 Å². The Balaban J connectivity index is 0.00000312. The zero-order chi connectivity index (χ0) is 17.6. The summed E-state index contributed by atoms with van der Waals surface area (Å²) in [4.78, 5) is 12.2. The molecule has 0 bridgehead atoms. The predicted molar refractivity (Wildman–Crippen MR) is 105 cm³/mol. The molecule has 2 rings (SSSR count). The third-order valence-electron chi connectivity index (χ3n) is 4.35. The molecule has 1 fully saturated rings. The summed E-state index contributed by atoms with van der Waals surface area (Å²) in [7, 11) is 0. The molecule has 0 spiro atoms. The number of aryl methyl sites for hydroxylation is 1. The molecule has 5 heteroatoms. The summed E-state index contributed by atoms with van der Waals surface area (Å²) in [6.07, 6.45) is 3.99. The first-order valence-corrected chi connectivity index (χ1v) is 9.09. The van der Waals surface area contributed by atoms with Crippen molar-refractivity contribution in [2.45, 2.75) is 65.5 Å². The van der Waals surface area contributed by atoms with E-state index in [0.29, 0.717) is 18.9 Å². The van der Waals surface area contributed by atoms with Crippen molar-refractivity contribution in [3.8, 4) is 5.75 Å². The van der Waals surface area contributed by atoms with E-state index in [-0.39, 0.29) is 23.9 Å². The molecule has 4 nitrogen and oxygen atoms in total. The Labute approximate surface area is 158 Å². The maximum atomic E-state index is 12.2. The number of amides is 1. The van der Waals surface area contributed by atoms with Gasteiger partial charge in [0.2, 0.25) is 5.91 Å². The molecule has 1 amide bonds. The number of piperidine rings is 1. The van der Waals surface area contributed by atoms with Crippen LogP contribution in [0.2, 0.25) is 0 Å². The normalized spacial score (nSPS) is 15.4. The van der Waals surface area contributed by atoms with E-state index >= 15 is 0 Å². The summed E-state index contributed by atoms with van der Waals surface area (Å²) in [5.74, 6) is 1.69. The third kappa shape index (κ3) is 8.10. The van der Waals surface area contributed by atoms with Gasteiger partial charge < -0.3 is 15.4 Å². The van der Waals surface area contributed by atoms with E-state index in [2.05, 4.69) is 23.6 Å². The SMILES string of the molecule is Cc1ccc(CNC(=O)CCC2CCNCC2)c(OC(C)(C)C)c1.Cl. The van der Waals surface area contributed by atoms with Gasteiger partial charge in [-0.15, -0.1) is 12.4 Å². The largest absolute Gasteiger partial charge is 0.488 e. The lowest BCUT2D eigenvalue weighted by molar-refractivity contribution is -0.121. The second kappa shape index (κ2) is 10.0. The van der Waals surface area contributed by atoms with Gasteiger partial charge in [-0.25, -0.2) is 0 Å². The zero-order valence-electron chi connectivity index (χ0n) is 16.0. The van der Waals surface area contributed by atoms with Gasteiger partial charge in [0.05, 0.1) is 0 Å². The summed E-state index contributed by atoms with van der Waals surface area (Å²) < 4.78 is 6.04. The van der Waals surface area contributed by atoms with Crippen molar-refractivity contribution in [3.05, 3.63) is 29.3 Å². The smallest absolute Gasteiger partial charge is 0.220 e. The van der Waals surface area contributed by atoms with Crippen LogP contribution in [0.5, 0.6) is 5.75 Å². The molecule has 1 heterocycles. The molecule has 0 radical (unpaired) electrons. The third-order valence-corrected chi connectivity index (χ3v) is 4.35. The van der Waals surface area contributed by atoms with Crippen molar-refractivity contribution in [2.75, 3.05) is 13.1 Å². The highest BCUT2D eigenvalue weighted by Gasteiger charge is 2.17. The molecular formula is C20H33ClN2O2. The van der Waals surface area contributed by atoms with Gasteiger partial charge in [0, 0.05) is 18.5 Å². The van der Waals surface area contributed by atoms with Crippen molar-refractivity contribution in [1.29, 1.82) is 0 Å². The summed E-state index contributed by atoms with van der Waals surface area (Å²) in [6.45, 7) is 10.9. The average Bonchev–Trinajstić information content (AvgIpc) is 2.51. The fraction of sp³-hybridized carbons (Fsp3) is 0.650. The molecule has 142 valence electrons. The summed E-state index contributed by atoms with van der Waals surface area (Å²) in [5.41, 5.74) is 1.95. The van der Waals surface area contributed by atoms with E-state index in [1.165, 1.54) is 12.8 Å². The average molecular weight is 369 g/mol. The van der Waals surface area contributed by atoms with Gasteiger partial charge >= 0.3 is 0 Å². The highest BCUT2D eigenvalue weighted by atomic mass is 35.5. The van der Waals surface area contributed by atoms with Gasteiger partial charge in [-0.05, 0) is 77.6 Å². The summed E-state index contributed by atoms with van der Waals surface area (Å²) >= 11 is 0. The molecule has 0 unspecified atom stereocenters. The Morgan fingerprint density at radius 3 is 2.60 bits per heavy atom. The van der Waals surface area contributed by atoms with Crippen LogP contribution in [-0.2, 0) is 11.3 Å². The quantitative estimate of drug-likeness (QED) is 0.798. The number of ether oxygens (including phenoxy) is 1. The molecule has 0 saturated carbocycles. The minimum Gasteiger partial charge on any atom is -0.488 e. The number of benzene rings is 1. The lowest BCUT2D eigenvalue weighted by Gasteiger charge is -2.24. The van der Waals surface area contributed by atoms with Gasteiger partial charge in [0.1, 0.15) is 11.4 Å². The van der Waals surface area contributed by atoms with Crippen LogP contribution in [0.3, 0.4) is 0 Å². The molecule has 25 heavy (non-hydrogen) atoms. The van der Waals surface area contributed by atoms with Crippen LogP contribution in [0.15, 0.2) is 18.2 Å². The molecule has 0 aromatic heterocycles. The Kier molecular flexibility index (Phi) is 8.74. The molecule has 1 aromatic rings. The van der Waals surface area contributed by atoms with Crippen LogP contribution >= 0.6 is 12.4 Å². The lowest BCUT2D eigenvalue weighted by atomic mass is 9.93. The highest BCUT2D eigenvalue weighted by Crippen LogP contribution is 2.25. The van der Waals surface area contributed by atoms with Crippen LogP contribution in [0, 0.1) is 12.8 Å². The van der Waals surface area contributed by atoms with Gasteiger partial charge in [-0.3, -0.25) is 4.79 Å². The zero-order valence-corrected chi connectivity index (χ0v) is 16.8. The van der Waals surface area contributed by atoms with Crippen LogP contribution in [0.1, 0.15) is 57.6 Å². The van der Waals surface area contributed by atoms with Crippen molar-refractivity contribution in [1.82, 2.24) is 10.6 Å². The lowest BCUT2D eigenvalue weighted by Crippen LogP contribution is -2.29. The fourth-order valence-corrected chi connectivity index (χ4v) is 3.02. The van der Waals surface area contributed by atoms with E-state index < -0.39 is 0 Å². The van der Waals surface area contributed by atoms with E-state index in [4.69, 9.17) is 4.74 Å². The number of nitrogens with one attached hydrogen (secondary N) is 2.